The topological polar surface area (TPSA) is 39.1 Å². The minimum absolute atomic E-state index is 0.797. The highest BCUT2D eigenvalue weighted by atomic mass is 16.5. The Morgan fingerprint density at radius 1 is 1.57 bits per heavy atom. The fourth-order valence-corrected chi connectivity index (χ4v) is 1.27. The van der Waals surface area contributed by atoms with Crippen LogP contribution >= 0.6 is 0 Å². The Labute approximate surface area is 85.3 Å². The molecular weight excluding hydrogens is 178 g/mol. The van der Waals surface area contributed by atoms with Crippen LogP contribution in [0.3, 0.4) is 0 Å². The molecule has 0 fully saturated rings. The van der Waals surface area contributed by atoms with Crippen molar-refractivity contribution in [3.8, 4) is 0 Å². The number of nitrogens with zero attached hydrogens (tertiary/aromatic N) is 2. The number of ether oxygens (including phenoxy) is 1. The molecule has 4 nitrogen and oxygen atoms in total. The van der Waals surface area contributed by atoms with Crippen molar-refractivity contribution in [2.75, 3.05) is 25.6 Å². The molecule has 4 heteroatoms. The zero-order valence-electron chi connectivity index (χ0n) is 8.99. The first-order valence-corrected chi connectivity index (χ1v) is 5.12. The smallest absolute Gasteiger partial charge is 0.202 e. The van der Waals surface area contributed by atoms with Gasteiger partial charge in [0.25, 0.3) is 0 Å². The van der Waals surface area contributed by atoms with Crippen LogP contribution in [-0.4, -0.2) is 29.8 Å². The maximum absolute atomic E-state index is 5.01. The molecule has 0 saturated heterocycles. The largest absolute Gasteiger partial charge is 0.385 e. The fourth-order valence-electron chi connectivity index (χ4n) is 1.27. The van der Waals surface area contributed by atoms with Crippen LogP contribution in [0.5, 0.6) is 0 Å². The van der Waals surface area contributed by atoms with Gasteiger partial charge >= 0.3 is 0 Å². The monoisotopic (exact) mass is 197 g/mol. The maximum atomic E-state index is 5.01. The van der Waals surface area contributed by atoms with Gasteiger partial charge in [0.2, 0.25) is 5.95 Å². The average Bonchev–Trinajstić information content (AvgIpc) is 2.63. The van der Waals surface area contributed by atoms with Crippen LogP contribution in [0.4, 0.5) is 5.95 Å². The first-order valence-electron chi connectivity index (χ1n) is 5.12. The molecule has 0 aliphatic carbocycles. The third-order valence-corrected chi connectivity index (χ3v) is 2.00. The van der Waals surface area contributed by atoms with Gasteiger partial charge in [-0.1, -0.05) is 6.92 Å². The molecule has 0 saturated carbocycles. The molecule has 0 amide bonds. The first-order chi connectivity index (χ1) is 6.88. The number of aromatic nitrogens is 2. The van der Waals surface area contributed by atoms with E-state index >= 15 is 0 Å². The highest BCUT2D eigenvalue weighted by Gasteiger charge is 1.99. The van der Waals surface area contributed by atoms with Crippen molar-refractivity contribution in [2.24, 2.45) is 0 Å². The number of anilines is 1. The number of nitrogens with one attached hydrogen (secondary N) is 1. The number of methoxy groups -OCH3 is 1. The van der Waals surface area contributed by atoms with E-state index in [1.807, 2.05) is 12.4 Å². The van der Waals surface area contributed by atoms with Crippen LogP contribution < -0.4 is 5.32 Å². The summed E-state index contributed by atoms with van der Waals surface area (Å²) in [4.78, 5) is 4.24. The van der Waals surface area contributed by atoms with E-state index in [2.05, 4.69) is 21.8 Å². The van der Waals surface area contributed by atoms with E-state index in [9.17, 15) is 0 Å². The van der Waals surface area contributed by atoms with Crippen LogP contribution in [0.1, 0.15) is 19.8 Å². The van der Waals surface area contributed by atoms with Crippen molar-refractivity contribution >= 4 is 5.95 Å². The summed E-state index contributed by atoms with van der Waals surface area (Å²) in [6.07, 6.45) is 5.96. The zero-order valence-corrected chi connectivity index (χ0v) is 8.99. The summed E-state index contributed by atoms with van der Waals surface area (Å²) in [5.41, 5.74) is 0. The van der Waals surface area contributed by atoms with Crippen LogP contribution in [0, 0.1) is 0 Å². The summed E-state index contributed by atoms with van der Waals surface area (Å²) in [7, 11) is 1.73. The zero-order chi connectivity index (χ0) is 10.2. The minimum Gasteiger partial charge on any atom is -0.385 e. The molecule has 0 unspecified atom stereocenters. The summed E-state index contributed by atoms with van der Waals surface area (Å²) < 4.78 is 7.13. The van der Waals surface area contributed by atoms with Gasteiger partial charge in [-0.15, -0.1) is 0 Å². The lowest BCUT2D eigenvalue weighted by Gasteiger charge is -2.08. The molecular formula is C10H19N3O. The summed E-state index contributed by atoms with van der Waals surface area (Å²) in [5, 5.41) is 3.28. The molecule has 0 aliphatic heterocycles. The molecule has 0 aliphatic rings. The van der Waals surface area contributed by atoms with E-state index in [1.165, 1.54) is 0 Å². The van der Waals surface area contributed by atoms with Gasteiger partial charge < -0.3 is 14.6 Å². The van der Waals surface area contributed by atoms with Crippen LogP contribution in [0.25, 0.3) is 0 Å². The highest BCUT2D eigenvalue weighted by molar-refractivity contribution is 5.25. The van der Waals surface area contributed by atoms with Gasteiger partial charge in [0, 0.05) is 39.2 Å². The van der Waals surface area contributed by atoms with Crippen molar-refractivity contribution in [3.63, 3.8) is 0 Å². The molecule has 0 aromatic carbocycles. The van der Waals surface area contributed by atoms with Gasteiger partial charge in [-0.3, -0.25) is 0 Å². The second kappa shape index (κ2) is 6.43. The van der Waals surface area contributed by atoms with Crippen LogP contribution in [-0.2, 0) is 11.3 Å². The highest BCUT2D eigenvalue weighted by Crippen LogP contribution is 2.05. The Bertz CT molecular complexity index is 247. The van der Waals surface area contributed by atoms with E-state index < -0.39 is 0 Å². The summed E-state index contributed by atoms with van der Waals surface area (Å²) in [6, 6.07) is 0. The quantitative estimate of drug-likeness (QED) is 0.677. The summed E-state index contributed by atoms with van der Waals surface area (Å²) in [5.74, 6) is 0.961. The SMILES string of the molecule is CCCNc1nccn1CCCOC. The molecule has 0 spiro atoms. The lowest BCUT2D eigenvalue weighted by atomic mass is 10.4. The van der Waals surface area contributed by atoms with Crippen molar-refractivity contribution < 1.29 is 4.74 Å². The van der Waals surface area contributed by atoms with Crippen molar-refractivity contribution in [2.45, 2.75) is 26.3 Å². The molecule has 0 bridgehead atoms. The third kappa shape index (κ3) is 3.38. The van der Waals surface area contributed by atoms with Gasteiger partial charge in [0.05, 0.1) is 0 Å². The maximum Gasteiger partial charge on any atom is 0.202 e. The normalized spacial score (nSPS) is 10.4. The Hall–Kier alpha value is -1.03. The summed E-state index contributed by atoms with van der Waals surface area (Å²) >= 11 is 0. The van der Waals surface area contributed by atoms with Gasteiger partial charge in [-0.05, 0) is 12.8 Å². The molecule has 1 N–H and O–H groups in total. The van der Waals surface area contributed by atoms with Gasteiger partial charge in [0.15, 0.2) is 0 Å². The third-order valence-electron chi connectivity index (χ3n) is 2.00. The molecule has 0 atom stereocenters. The standard InChI is InChI=1S/C10H19N3O/c1-3-5-11-10-12-6-8-13(10)7-4-9-14-2/h6,8H,3-5,7,9H2,1-2H3,(H,11,12). The molecule has 1 rings (SSSR count). The van der Waals surface area contributed by atoms with Crippen molar-refractivity contribution in [1.29, 1.82) is 0 Å². The van der Waals surface area contributed by atoms with Gasteiger partial charge in [-0.2, -0.15) is 0 Å². The van der Waals surface area contributed by atoms with E-state index in [-0.39, 0.29) is 0 Å². The Balaban J connectivity index is 2.37. The number of rotatable bonds is 7. The molecule has 0 radical (unpaired) electrons. The van der Waals surface area contributed by atoms with Gasteiger partial charge in [-0.25, -0.2) is 4.98 Å². The number of hydrogen-bond acceptors (Lipinski definition) is 3. The predicted molar refractivity (Wildman–Crippen MR) is 57.5 cm³/mol. The number of imidazole rings is 1. The number of hydrogen-bond donors (Lipinski definition) is 1. The second-order valence-corrected chi connectivity index (χ2v) is 3.22. The Morgan fingerprint density at radius 2 is 2.43 bits per heavy atom. The van der Waals surface area contributed by atoms with E-state index in [4.69, 9.17) is 4.74 Å². The van der Waals surface area contributed by atoms with E-state index in [0.29, 0.717) is 0 Å². The minimum atomic E-state index is 0.797. The molecule has 1 aromatic heterocycles. The first kappa shape index (κ1) is 11.0. The average molecular weight is 197 g/mol. The lowest BCUT2D eigenvalue weighted by molar-refractivity contribution is 0.190. The fraction of sp³-hybridized carbons (Fsp3) is 0.700. The Kier molecular flexibility index (Phi) is 5.07. The predicted octanol–water partition coefficient (Wildman–Crippen LogP) is 1.74. The molecule has 14 heavy (non-hydrogen) atoms. The number of aryl methyl sites for hydroxylation is 1. The molecule has 1 aromatic rings. The van der Waals surface area contributed by atoms with Gasteiger partial charge in [0.1, 0.15) is 0 Å². The summed E-state index contributed by atoms with van der Waals surface area (Å²) in [6.45, 7) is 4.87. The van der Waals surface area contributed by atoms with E-state index in [1.54, 1.807) is 7.11 Å². The molecule has 80 valence electrons. The van der Waals surface area contributed by atoms with E-state index in [0.717, 1.165) is 38.5 Å². The van der Waals surface area contributed by atoms with Crippen LogP contribution in [0.15, 0.2) is 12.4 Å². The van der Waals surface area contributed by atoms with Crippen molar-refractivity contribution in [1.82, 2.24) is 9.55 Å². The van der Waals surface area contributed by atoms with Crippen molar-refractivity contribution in [3.05, 3.63) is 12.4 Å². The van der Waals surface area contributed by atoms with Crippen LogP contribution in [0.2, 0.25) is 0 Å². The lowest BCUT2D eigenvalue weighted by Crippen LogP contribution is -2.09. The second-order valence-electron chi connectivity index (χ2n) is 3.22. The molecule has 1 heterocycles. The Morgan fingerprint density at radius 3 is 3.14 bits per heavy atom.